The van der Waals surface area contributed by atoms with Crippen molar-refractivity contribution in [1.29, 1.82) is 0 Å². The van der Waals surface area contributed by atoms with Gasteiger partial charge in [-0.3, -0.25) is 4.79 Å². The van der Waals surface area contributed by atoms with Crippen LogP contribution in [-0.2, 0) is 10.0 Å². The maximum absolute atomic E-state index is 12.6. The molecule has 0 N–H and O–H groups in total. The standard InChI is InChI=1S/C14H18N2O5S/c1-22(18,19)16-6-2-5-15(7-8-16)14(17)11-3-4-12-13(9-11)21-10-20-12/h3-4,9H,2,5-8,10H2,1H3. The van der Waals surface area contributed by atoms with Crippen LogP contribution in [0.15, 0.2) is 18.2 Å². The van der Waals surface area contributed by atoms with Gasteiger partial charge in [0.05, 0.1) is 6.26 Å². The average Bonchev–Trinajstić information content (AvgIpc) is 2.78. The van der Waals surface area contributed by atoms with Crippen molar-refractivity contribution in [2.24, 2.45) is 0 Å². The molecule has 0 radical (unpaired) electrons. The molecule has 0 saturated carbocycles. The minimum absolute atomic E-state index is 0.117. The molecule has 1 amide bonds. The molecule has 0 unspecified atom stereocenters. The summed E-state index contributed by atoms with van der Waals surface area (Å²) in [4.78, 5) is 14.3. The number of amides is 1. The van der Waals surface area contributed by atoms with E-state index in [0.717, 1.165) is 0 Å². The zero-order valence-electron chi connectivity index (χ0n) is 12.3. The molecular weight excluding hydrogens is 308 g/mol. The Hall–Kier alpha value is -1.80. The molecule has 0 aliphatic carbocycles. The van der Waals surface area contributed by atoms with Crippen molar-refractivity contribution in [3.05, 3.63) is 23.8 Å². The molecule has 0 spiro atoms. The third kappa shape index (κ3) is 3.02. The van der Waals surface area contributed by atoms with Crippen molar-refractivity contribution in [3.63, 3.8) is 0 Å². The molecule has 2 aliphatic heterocycles. The molecule has 1 aromatic carbocycles. The first-order valence-corrected chi connectivity index (χ1v) is 8.94. The van der Waals surface area contributed by atoms with Crippen LogP contribution in [0.4, 0.5) is 0 Å². The molecule has 7 nitrogen and oxygen atoms in total. The summed E-state index contributed by atoms with van der Waals surface area (Å²) in [5.41, 5.74) is 0.525. The van der Waals surface area contributed by atoms with E-state index >= 15 is 0 Å². The van der Waals surface area contributed by atoms with Crippen LogP contribution in [0, 0.1) is 0 Å². The predicted octanol–water partition coefficient (Wildman–Crippen LogP) is 0.523. The van der Waals surface area contributed by atoms with E-state index in [2.05, 4.69) is 0 Å². The zero-order valence-corrected chi connectivity index (χ0v) is 13.1. The number of nitrogens with zero attached hydrogens (tertiary/aromatic N) is 2. The molecule has 22 heavy (non-hydrogen) atoms. The smallest absolute Gasteiger partial charge is 0.254 e. The van der Waals surface area contributed by atoms with Gasteiger partial charge in [-0.05, 0) is 24.6 Å². The van der Waals surface area contributed by atoms with Crippen LogP contribution in [0.25, 0.3) is 0 Å². The molecular formula is C14H18N2O5S. The topological polar surface area (TPSA) is 76.2 Å². The van der Waals surface area contributed by atoms with Crippen LogP contribution >= 0.6 is 0 Å². The van der Waals surface area contributed by atoms with Gasteiger partial charge >= 0.3 is 0 Å². The number of ether oxygens (including phenoxy) is 2. The maximum Gasteiger partial charge on any atom is 0.254 e. The van der Waals surface area contributed by atoms with Crippen LogP contribution in [0.2, 0.25) is 0 Å². The Labute approximate surface area is 129 Å². The largest absolute Gasteiger partial charge is 0.454 e. The molecule has 1 saturated heterocycles. The van der Waals surface area contributed by atoms with Crippen molar-refractivity contribution in [3.8, 4) is 11.5 Å². The molecule has 8 heteroatoms. The van der Waals surface area contributed by atoms with Crippen molar-refractivity contribution in [1.82, 2.24) is 9.21 Å². The number of rotatable bonds is 2. The fraction of sp³-hybridized carbons (Fsp3) is 0.500. The molecule has 3 rings (SSSR count). The summed E-state index contributed by atoms with van der Waals surface area (Å²) in [6, 6.07) is 5.09. The Bertz CT molecular complexity index is 688. The molecule has 0 aromatic heterocycles. The first-order chi connectivity index (χ1) is 10.4. The second-order valence-corrected chi connectivity index (χ2v) is 7.36. The molecule has 1 fully saturated rings. The summed E-state index contributed by atoms with van der Waals surface area (Å²) in [5, 5.41) is 0. The fourth-order valence-corrected chi connectivity index (χ4v) is 3.51. The maximum atomic E-state index is 12.6. The highest BCUT2D eigenvalue weighted by Crippen LogP contribution is 2.32. The van der Waals surface area contributed by atoms with Gasteiger partial charge in [0, 0.05) is 31.7 Å². The Kier molecular flexibility index (Phi) is 3.96. The molecule has 0 atom stereocenters. The highest BCUT2D eigenvalue weighted by atomic mass is 32.2. The number of hydrogen-bond acceptors (Lipinski definition) is 5. The van der Waals surface area contributed by atoms with E-state index in [-0.39, 0.29) is 12.7 Å². The Morgan fingerprint density at radius 1 is 1.09 bits per heavy atom. The number of hydrogen-bond donors (Lipinski definition) is 0. The van der Waals surface area contributed by atoms with E-state index in [1.54, 1.807) is 23.1 Å². The molecule has 2 heterocycles. The number of carbonyl (C=O) groups is 1. The molecule has 120 valence electrons. The Morgan fingerprint density at radius 2 is 1.86 bits per heavy atom. The first-order valence-electron chi connectivity index (χ1n) is 7.09. The van der Waals surface area contributed by atoms with Gasteiger partial charge in [0.25, 0.3) is 5.91 Å². The van der Waals surface area contributed by atoms with Gasteiger partial charge in [-0.2, -0.15) is 0 Å². The van der Waals surface area contributed by atoms with E-state index in [1.165, 1.54) is 10.6 Å². The van der Waals surface area contributed by atoms with Gasteiger partial charge in [0.15, 0.2) is 11.5 Å². The summed E-state index contributed by atoms with van der Waals surface area (Å²) in [5.74, 6) is 1.09. The van der Waals surface area contributed by atoms with Gasteiger partial charge in [-0.15, -0.1) is 0 Å². The average molecular weight is 326 g/mol. The minimum atomic E-state index is -3.21. The molecule has 2 aliphatic rings. The van der Waals surface area contributed by atoms with Crippen LogP contribution in [0.3, 0.4) is 0 Å². The van der Waals surface area contributed by atoms with Crippen LogP contribution in [0.1, 0.15) is 16.8 Å². The SMILES string of the molecule is CS(=O)(=O)N1CCCN(C(=O)c2ccc3c(c2)OCO3)CC1. The summed E-state index contributed by atoms with van der Waals surface area (Å²) in [6.45, 7) is 1.87. The van der Waals surface area contributed by atoms with E-state index in [4.69, 9.17) is 9.47 Å². The highest BCUT2D eigenvalue weighted by Gasteiger charge is 2.25. The monoisotopic (exact) mass is 326 g/mol. The van der Waals surface area contributed by atoms with Crippen molar-refractivity contribution >= 4 is 15.9 Å². The van der Waals surface area contributed by atoms with Crippen LogP contribution in [-0.4, -0.2) is 62.8 Å². The number of benzene rings is 1. The lowest BCUT2D eigenvalue weighted by Gasteiger charge is -2.21. The second-order valence-electron chi connectivity index (χ2n) is 5.38. The Morgan fingerprint density at radius 3 is 2.64 bits per heavy atom. The second kappa shape index (κ2) is 5.77. The summed E-state index contributed by atoms with van der Waals surface area (Å²) in [6.07, 6.45) is 1.83. The van der Waals surface area contributed by atoms with E-state index in [1.807, 2.05) is 0 Å². The molecule has 0 bridgehead atoms. The van der Waals surface area contributed by atoms with Crippen LogP contribution in [0.5, 0.6) is 11.5 Å². The van der Waals surface area contributed by atoms with E-state index < -0.39 is 10.0 Å². The first kappa shape index (κ1) is 15.1. The van der Waals surface area contributed by atoms with Crippen molar-refractivity contribution in [2.45, 2.75) is 6.42 Å². The zero-order chi connectivity index (χ0) is 15.7. The van der Waals surface area contributed by atoms with Gasteiger partial charge in [-0.25, -0.2) is 12.7 Å². The quantitative estimate of drug-likeness (QED) is 0.792. The summed E-state index contributed by atoms with van der Waals surface area (Å²) < 4.78 is 35.1. The fourth-order valence-electron chi connectivity index (χ4n) is 2.64. The number of fused-ring (bicyclic) bond motifs is 1. The van der Waals surface area contributed by atoms with E-state index in [0.29, 0.717) is 49.7 Å². The third-order valence-electron chi connectivity index (χ3n) is 3.83. The Balaban J connectivity index is 1.73. The predicted molar refractivity (Wildman–Crippen MR) is 79.5 cm³/mol. The van der Waals surface area contributed by atoms with Crippen LogP contribution < -0.4 is 9.47 Å². The minimum Gasteiger partial charge on any atom is -0.454 e. The van der Waals surface area contributed by atoms with Gasteiger partial charge in [0.2, 0.25) is 16.8 Å². The normalized spacial score (nSPS) is 19.0. The summed E-state index contributed by atoms with van der Waals surface area (Å²) in [7, 11) is -3.21. The molecule has 1 aromatic rings. The van der Waals surface area contributed by atoms with Crippen molar-refractivity contribution in [2.75, 3.05) is 39.2 Å². The lowest BCUT2D eigenvalue weighted by Crippen LogP contribution is -2.36. The number of carbonyl (C=O) groups excluding carboxylic acids is 1. The lowest BCUT2D eigenvalue weighted by molar-refractivity contribution is 0.0764. The van der Waals surface area contributed by atoms with E-state index in [9.17, 15) is 13.2 Å². The van der Waals surface area contributed by atoms with Gasteiger partial charge in [-0.1, -0.05) is 0 Å². The van der Waals surface area contributed by atoms with Crippen molar-refractivity contribution < 1.29 is 22.7 Å². The third-order valence-corrected chi connectivity index (χ3v) is 5.13. The van der Waals surface area contributed by atoms with Gasteiger partial charge < -0.3 is 14.4 Å². The summed E-state index contributed by atoms with van der Waals surface area (Å²) >= 11 is 0. The number of sulfonamides is 1. The van der Waals surface area contributed by atoms with Gasteiger partial charge in [0.1, 0.15) is 0 Å². The highest BCUT2D eigenvalue weighted by molar-refractivity contribution is 7.88. The lowest BCUT2D eigenvalue weighted by atomic mass is 10.1.